The molecule has 290 valence electrons. The molecule has 0 saturated heterocycles. The molecule has 3 aromatic heterocycles. The van der Waals surface area contributed by atoms with Crippen molar-refractivity contribution in [3.63, 3.8) is 0 Å². The first-order valence-electron chi connectivity index (χ1n) is 20.8. The molecule has 7 nitrogen and oxygen atoms in total. The predicted molar refractivity (Wildman–Crippen MR) is 244 cm³/mol. The van der Waals surface area contributed by atoms with E-state index in [1.165, 1.54) is 39.0 Å². The quantitative estimate of drug-likeness (QED) is 0.167. The maximum Gasteiger partial charge on any atom is 0.164 e. The highest BCUT2D eigenvalue weighted by Crippen LogP contribution is 2.56. The third-order valence-corrected chi connectivity index (χ3v) is 12.8. The molecule has 0 amide bonds. The van der Waals surface area contributed by atoms with E-state index in [2.05, 4.69) is 123 Å². The molecule has 0 unspecified atom stereocenters. The summed E-state index contributed by atoms with van der Waals surface area (Å²) in [5.74, 6) is 3.81. The van der Waals surface area contributed by atoms with Gasteiger partial charge in [-0.25, -0.2) is 29.9 Å². The van der Waals surface area contributed by atoms with Gasteiger partial charge in [0.1, 0.15) is 0 Å². The van der Waals surface area contributed by atoms with Crippen LogP contribution < -0.4 is 0 Å². The molecule has 2 aliphatic heterocycles. The van der Waals surface area contributed by atoms with Crippen LogP contribution in [0.15, 0.2) is 164 Å². The van der Waals surface area contributed by atoms with Gasteiger partial charge in [-0.2, -0.15) is 0 Å². The Hall–Kier alpha value is -7.64. The van der Waals surface area contributed by atoms with Crippen molar-refractivity contribution in [2.45, 2.75) is 38.5 Å². The van der Waals surface area contributed by atoms with E-state index in [0.717, 1.165) is 44.2 Å². The highest BCUT2D eigenvalue weighted by molar-refractivity contribution is 6.16. The maximum atomic E-state index is 5.22. The predicted octanol–water partition coefficient (Wildman–Crippen LogP) is 12.4. The monoisotopic (exact) mass is 785 g/mol. The Bertz CT molecular complexity index is 3050. The Kier molecular flexibility index (Phi) is 7.49. The van der Waals surface area contributed by atoms with Gasteiger partial charge in [-0.15, -0.1) is 0 Å². The summed E-state index contributed by atoms with van der Waals surface area (Å²) in [6.07, 6.45) is 0. The summed E-state index contributed by atoms with van der Waals surface area (Å²) in [4.78, 5) is 30.9. The molecule has 10 aromatic rings. The summed E-state index contributed by atoms with van der Waals surface area (Å²) in [5, 5.41) is 2.28. The molecule has 0 saturated carbocycles. The lowest BCUT2D eigenvalue weighted by Gasteiger charge is -2.42. The van der Waals surface area contributed by atoms with Crippen LogP contribution in [0.25, 0.3) is 95.8 Å². The van der Waals surface area contributed by atoms with Crippen LogP contribution in [0.3, 0.4) is 0 Å². The SMILES string of the molecule is CC1(C)c2cccc3c2-n2c4c1cc(-c1nc(-c5ccccc5)nc(-c5ccccc5)n1)cc4c1cc(-c4nc(-c5ccccc5)nc(-c5ccccc5)n4)cc(c12)C3(C)C. The highest BCUT2D eigenvalue weighted by atomic mass is 15.1. The van der Waals surface area contributed by atoms with Crippen LogP contribution in [-0.2, 0) is 10.8 Å². The Morgan fingerprint density at radius 3 is 0.918 bits per heavy atom. The van der Waals surface area contributed by atoms with Crippen molar-refractivity contribution in [3.8, 4) is 74.0 Å². The van der Waals surface area contributed by atoms with E-state index in [4.69, 9.17) is 29.9 Å². The molecule has 7 heteroatoms. The summed E-state index contributed by atoms with van der Waals surface area (Å²) in [7, 11) is 0. The minimum atomic E-state index is -0.332. The zero-order chi connectivity index (χ0) is 41.0. The van der Waals surface area contributed by atoms with Gasteiger partial charge in [0.2, 0.25) is 0 Å². The van der Waals surface area contributed by atoms with Crippen LogP contribution in [0, 0.1) is 0 Å². The molecule has 5 heterocycles. The van der Waals surface area contributed by atoms with Gasteiger partial charge in [0.25, 0.3) is 0 Å². The largest absolute Gasteiger partial charge is 0.308 e. The number of fused-ring (bicyclic) bond motifs is 1. The van der Waals surface area contributed by atoms with Crippen molar-refractivity contribution in [2.24, 2.45) is 0 Å². The highest BCUT2D eigenvalue weighted by Gasteiger charge is 2.44. The second kappa shape index (κ2) is 12.9. The Balaban J connectivity index is 1.18. The van der Waals surface area contributed by atoms with E-state index >= 15 is 0 Å². The first-order chi connectivity index (χ1) is 29.7. The average Bonchev–Trinajstić information content (AvgIpc) is 3.65. The Morgan fingerprint density at radius 1 is 0.311 bits per heavy atom. The van der Waals surface area contributed by atoms with Gasteiger partial charge >= 0.3 is 0 Å². The topological polar surface area (TPSA) is 82.3 Å². The molecule has 0 fully saturated rings. The van der Waals surface area contributed by atoms with Gasteiger partial charge in [-0.1, -0.05) is 167 Å². The molecule has 0 radical (unpaired) electrons. The van der Waals surface area contributed by atoms with E-state index in [0.29, 0.717) is 34.9 Å². The lowest BCUT2D eigenvalue weighted by atomic mass is 9.68. The van der Waals surface area contributed by atoms with Crippen molar-refractivity contribution in [3.05, 3.63) is 186 Å². The van der Waals surface area contributed by atoms with Gasteiger partial charge in [-0.05, 0) is 46.5 Å². The van der Waals surface area contributed by atoms with Gasteiger partial charge in [0.05, 0.1) is 16.7 Å². The summed E-state index contributed by atoms with van der Waals surface area (Å²) in [6.45, 7) is 9.43. The van der Waals surface area contributed by atoms with Crippen LogP contribution in [0.2, 0.25) is 0 Å². The van der Waals surface area contributed by atoms with E-state index < -0.39 is 0 Å². The number of benzene rings is 7. The van der Waals surface area contributed by atoms with Gasteiger partial charge in [0, 0.05) is 55.0 Å². The normalized spacial score (nSPS) is 14.2. The lowest BCUT2D eigenvalue weighted by Crippen LogP contribution is -2.33. The maximum absolute atomic E-state index is 5.22. The van der Waals surface area contributed by atoms with Crippen LogP contribution in [-0.4, -0.2) is 34.5 Å². The lowest BCUT2D eigenvalue weighted by molar-refractivity contribution is 0.594. The summed E-state index contributed by atoms with van der Waals surface area (Å²) in [6, 6.07) is 56.8. The third kappa shape index (κ3) is 5.30. The van der Waals surface area contributed by atoms with Gasteiger partial charge in [0.15, 0.2) is 34.9 Å². The Morgan fingerprint density at radius 2 is 0.607 bits per heavy atom. The number of nitrogens with zero attached hydrogens (tertiary/aromatic N) is 7. The molecule has 0 atom stereocenters. The fourth-order valence-corrected chi connectivity index (χ4v) is 9.67. The standard InChI is InChI=1S/C54H39N7/c1-53(2)40-26-17-27-41-46(40)61-44-38(28-36(30-42(44)53)51-57-47(32-18-9-5-10-19-32)55-48(58-51)33-20-11-6-12-21-33)39-29-37(31-43(45(39)61)54(41,3)4)52-59-49(34-22-13-7-14-23-34)56-50(60-52)35-24-15-8-16-25-35/h5-31H,1-4H3. The van der Waals surface area contributed by atoms with E-state index in [1.54, 1.807) is 0 Å². The van der Waals surface area contributed by atoms with E-state index in [1.807, 2.05) is 72.8 Å². The van der Waals surface area contributed by atoms with Crippen molar-refractivity contribution >= 4 is 21.8 Å². The fraction of sp³-hybridized carbons (Fsp3) is 0.111. The Labute approximate surface area is 353 Å². The second-order valence-corrected chi connectivity index (χ2v) is 17.2. The van der Waals surface area contributed by atoms with Gasteiger partial charge < -0.3 is 4.57 Å². The number of rotatable bonds is 6. The average molecular weight is 786 g/mol. The molecule has 0 N–H and O–H groups in total. The first-order valence-corrected chi connectivity index (χ1v) is 20.8. The molecular formula is C54H39N7. The number of hydrogen-bond donors (Lipinski definition) is 0. The minimum Gasteiger partial charge on any atom is -0.308 e. The van der Waals surface area contributed by atoms with Crippen LogP contribution >= 0.6 is 0 Å². The van der Waals surface area contributed by atoms with Crippen molar-refractivity contribution in [1.29, 1.82) is 0 Å². The summed E-state index contributed by atoms with van der Waals surface area (Å²) >= 11 is 0. The molecule has 61 heavy (non-hydrogen) atoms. The molecule has 0 spiro atoms. The first kappa shape index (κ1) is 35.3. The van der Waals surface area contributed by atoms with E-state index in [9.17, 15) is 0 Å². The zero-order valence-electron chi connectivity index (χ0n) is 34.2. The number of aromatic nitrogens is 7. The molecule has 7 aromatic carbocycles. The van der Waals surface area contributed by atoms with Crippen molar-refractivity contribution in [1.82, 2.24) is 34.5 Å². The van der Waals surface area contributed by atoms with Gasteiger partial charge in [-0.3, -0.25) is 0 Å². The zero-order valence-corrected chi connectivity index (χ0v) is 34.2. The third-order valence-electron chi connectivity index (χ3n) is 12.8. The van der Waals surface area contributed by atoms with E-state index in [-0.39, 0.29) is 10.8 Å². The molecular weight excluding hydrogens is 747 g/mol. The molecule has 0 aliphatic carbocycles. The molecule has 2 aliphatic rings. The fourth-order valence-electron chi connectivity index (χ4n) is 9.67. The summed E-state index contributed by atoms with van der Waals surface area (Å²) < 4.78 is 2.54. The molecule has 12 rings (SSSR count). The van der Waals surface area contributed by atoms with Crippen LogP contribution in [0.5, 0.6) is 0 Å². The summed E-state index contributed by atoms with van der Waals surface area (Å²) in [5.41, 5.74) is 13.7. The molecule has 0 bridgehead atoms. The van der Waals surface area contributed by atoms with Crippen molar-refractivity contribution < 1.29 is 0 Å². The smallest absolute Gasteiger partial charge is 0.164 e. The van der Waals surface area contributed by atoms with Crippen LogP contribution in [0.1, 0.15) is 49.9 Å². The van der Waals surface area contributed by atoms with Crippen LogP contribution in [0.4, 0.5) is 0 Å². The second-order valence-electron chi connectivity index (χ2n) is 17.2. The number of hydrogen-bond acceptors (Lipinski definition) is 6. The number of para-hydroxylation sites is 1. The van der Waals surface area contributed by atoms with Crippen molar-refractivity contribution in [2.75, 3.05) is 0 Å². The minimum absolute atomic E-state index is 0.332.